The molecule has 3 nitrogen and oxygen atoms in total. The zero-order valence-electron chi connectivity index (χ0n) is 9.58. The molecule has 0 fully saturated rings. The van der Waals surface area contributed by atoms with Crippen molar-refractivity contribution in [2.24, 2.45) is 0 Å². The third-order valence-electron chi connectivity index (χ3n) is 2.41. The molecular formula is C13H10BrIN2O. The van der Waals surface area contributed by atoms with Gasteiger partial charge in [0.15, 0.2) is 0 Å². The largest absolute Gasteiger partial charge is 0.306 e. The summed E-state index contributed by atoms with van der Waals surface area (Å²) in [7, 11) is 0. The lowest BCUT2D eigenvalue weighted by Crippen LogP contribution is -2.14. The number of hydrogen-bond donors (Lipinski definition) is 1. The lowest BCUT2D eigenvalue weighted by atomic mass is 10.2. The number of nitrogens with one attached hydrogen (secondary N) is 1. The minimum absolute atomic E-state index is 0.165. The Hall–Kier alpha value is -0.950. The minimum atomic E-state index is -0.165. The molecule has 0 saturated heterocycles. The first-order valence-corrected chi connectivity index (χ1v) is 7.13. The van der Waals surface area contributed by atoms with Gasteiger partial charge in [-0.15, -0.1) is 0 Å². The molecule has 92 valence electrons. The van der Waals surface area contributed by atoms with Crippen LogP contribution < -0.4 is 5.32 Å². The van der Waals surface area contributed by atoms with Crippen molar-refractivity contribution >= 4 is 50.2 Å². The molecule has 0 aliphatic heterocycles. The highest BCUT2D eigenvalue weighted by Crippen LogP contribution is 2.21. The van der Waals surface area contributed by atoms with Crippen LogP contribution in [0.25, 0.3) is 0 Å². The van der Waals surface area contributed by atoms with E-state index in [1.54, 1.807) is 6.20 Å². The fourth-order valence-corrected chi connectivity index (χ4v) is 2.38. The van der Waals surface area contributed by atoms with Crippen molar-refractivity contribution in [1.29, 1.82) is 0 Å². The Morgan fingerprint density at radius 3 is 2.89 bits per heavy atom. The maximum atomic E-state index is 12.2. The number of hydrogen-bond acceptors (Lipinski definition) is 2. The molecule has 0 unspecified atom stereocenters. The van der Waals surface area contributed by atoms with E-state index in [2.05, 4.69) is 48.8 Å². The number of amides is 1. The van der Waals surface area contributed by atoms with Crippen LogP contribution in [0.2, 0.25) is 0 Å². The molecule has 0 aliphatic carbocycles. The molecule has 1 aromatic carbocycles. The molecule has 2 aromatic rings. The van der Waals surface area contributed by atoms with Gasteiger partial charge in [-0.2, -0.15) is 0 Å². The molecule has 1 amide bonds. The summed E-state index contributed by atoms with van der Waals surface area (Å²) in [5.41, 5.74) is 1.54. The maximum Gasteiger partial charge on any atom is 0.258 e. The second-order valence-electron chi connectivity index (χ2n) is 3.75. The number of carbonyl (C=O) groups is 1. The first kappa shape index (κ1) is 13.5. The Balaban J connectivity index is 2.28. The van der Waals surface area contributed by atoms with E-state index < -0.39 is 0 Å². The Morgan fingerprint density at radius 2 is 2.17 bits per heavy atom. The zero-order chi connectivity index (χ0) is 13.1. The van der Waals surface area contributed by atoms with Gasteiger partial charge in [0, 0.05) is 14.2 Å². The SMILES string of the molecule is Cc1cccnc1NC(=O)c1cc(I)ccc1Br. The van der Waals surface area contributed by atoms with Gasteiger partial charge in [-0.05, 0) is 75.3 Å². The summed E-state index contributed by atoms with van der Waals surface area (Å²) in [6, 6.07) is 9.38. The van der Waals surface area contributed by atoms with Crippen LogP contribution in [0.5, 0.6) is 0 Å². The molecule has 1 aromatic heterocycles. The van der Waals surface area contributed by atoms with Crippen LogP contribution in [0.4, 0.5) is 5.82 Å². The second kappa shape index (κ2) is 5.79. The molecular weight excluding hydrogens is 407 g/mol. The van der Waals surface area contributed by atoms with Gasteiger partial charge in [0.25, 0.3) is 5.91 Å². The molecule has 2 rings (SSSR count). The average molecular weight is 417 g/mol. The van der Waals surface area contributed by atoms with Crippen LogP contribution >= 0.6 is 38.5 Å². The average Bonchev–Trinajstić information content (AvgIpc) is 2.35. The van der Waals surface area contributed by atoms with Gasteiger partial charge >= 0.3 is 0 Å². The zero-order valence-corrected chi connectivity index (χ0v) is 13.3. The van der Waals surface area contributed by atoms with Crippen LogP contribution in [0.3, 0.4) is 0 Å². The third kappa shape index (κ3) is 3.08. The maximum absolute atomic E-state index is 12.2. The van der Waals surface area contributed by atoms with E-state index in [1.807, 2.05) is 37.3 Å². The van der Waals surface area contributed by atoms with E-state index in [0.29, 0.717) is 11.4 Å². The van der Waals surface area contributed by atoms with E-state index in [4.69, 9.17) is 0 Å². The summed E-state index contributed by atoms with van der Waals surface area (Å²) in [4.78, 5) is 16.3. The van der Waals surface area contributed by atoms with Crippen LogP contribution in [0.1, 0.15) is 15.9 Å². The summed E-state index contributed by atoms with van der Waals surface area (Å²) in [6.07, 6.45) is 1.66. The summed E-state index contributed by atoms with van der Waals surface area (Å²) in [5, 5.41) is 2.81. The van der Waals surface area contributed by atoms with Crippen LogP contribution in [0, 0.1) is 10.5 Å². The van der Waals surface area contributed by atoms with Crippen molar-refractivity contribution in [3.05, 3.63) is 55.7 Å². The fraction of sp³-hybridized carbons (Fsp3) is 0.0769. The smallest absolute Gasteiger partial charge is 0.258 e. The first-order valence-electron chi connectivity index (χ1n) is 5.26. The number of pyridine rings is 1. The highest BCUT2D eigenvalue weighted by Gasteiger charge is 2.12. The number of aryl methyl sites for hydroxylation is 1. The number of anilines is 1. The van der Waals surface area contributed by atoms with E-state index in [0.717, 1.165) is 13.6 Å². The van der Waals surface area contributed by atoms with Gasteiger partial charge in [0.2, 0.25) is 0 Å². The van der Waals surface area contributed by atoms with E-state index in [1.165, 1.54) is 0 Å². The Labute approximate surface area is 127 Å². The summed E-state index contributed by atoms with van der Waals surface area (Å²) >= 11 is 5.56. The number of rotatable bonds is 2. The minimum Gasteiger partial charge on any atom is -0.306 e. The standard InChI is InChI=1S/C13H10BrIN2O/c1-8-3-2-6-16-12(8)17-13(18)10-7-9(15)4-5-11(10)14/h2-7H,1H3,(H,16,17,18). The Bertz CT molecular complexity index is 601. The Kier molecular flexibility index (Phi) is 4.34. The molecule has 1 heterocycles. The molecule has 0 radical (unpaired) electrons. The van der Waals surface area contributed by atoms with Crippen molar-refractivity contribution in [1.82, 2.24) is 4.98 Å². The molecule has 0 bridgehead atoms. The van der Waals surface area contributed by atoms with E-state index >= 15 is 0 Å². The normalized spacial score (nSPS) is 10.2. The topological polar surface area (TPSA) is 42.0 Å². The predicted octanol–water partition coefficient (Wildman–Crippen LogP) is 4.01. The number of halogens is 2. The summed E-state index contributed by atoms with van der Waals surface area (Å²) in [6.45, 7) is 1.91. The first-order chi connectivity index (χ1) is 8.58. The quantitative estimate of drug-likeness (QED) is 0.751. The molecule has 0 aliphatic rings. The molecule has 0 saturated carbocycles. The van der Waals surface area contributed by atoms with Gasteiger partial charge in [0.1, 0.15) is 5.82 Å². The number of nitrogens with zero attached hydrogens (tertiary/aromatic N) is 1. The van der Waals surface area contributed by atoms with Crippen molar-refractivity contribution in [2.45, 2.75) is 6.92 Å². The van der Waals surface area contributed by atoms with Crippen LogP contribution in [0.15, 0.2) is 41.0 Å². The monoisotopic (exact) mass is 416 g/mol. The molecule has 5 heteroatoms. The van der Waals surface area contributed by atoms with Gasteiger partial charge in [-0.1, -0.05) is 6.07 Å². The molecule has 18 heavy (non-hydrogen) atoms. The van der Waals surface area contributed by atoms with Crippen molar-refractivity contribution in [3.63, 3.8) is 0 Å². The second-order valence-corrected chi connectivity index (χ2v) is 5.85. The van der Waals surface area contributed by atoms with Crippen molar-refractivity contribution in [2.75, 3.05) is 5.32 Å². The number of aromatic nitrogens is 1. The highest BCUT2D eigenvalue weighted by atomic mass is 127. The summed E-state index contributed by atoms with van der Waals surface area (Å²) < 4.78 is 1.78. The van der Waals surface area contributed by atoms with E-state index in [-0.39, 0.29) is 5.91 Å². The van der Waals surface area contributed by atoms with Crippen LogP contribution in [-0.4, -0.2) is 10.9 Å². The van der Waals surface area contributed by atoms with Crippen LogP contribution in [-0.2, 0) is 0 Å². The number of benzene rings is 1. The van der Waals surface area contributed by atoms with Crippen molar-refractivity contribution < 1.29 is 4.79 Å². The van der Waals surface area contributed by atoms with Gasteiger partial charge < -0.3 is 5.32 Å². The molecule has 1 N–H and O–H groups in total. The molecule has 0 atom stereocenters. The fourth-order valence-electron chi connectivity index (χ4n) is 1.46. The van der Waals surface area contributed by atoms with Crippen molar-refractivity contribution in [3.8, 4) is 0 Å². The van der Waals surface area contributed by atoms with Gasteiger partial charge in [-0.3, -0.25) is 4.79 Å². The lowest BCUT2D eigenvalue weighted by Gasteiger charge is -2.08. The highest BCUT2D eigenvalue weighted by molar-refractivity contribution is 14.1. The van der Waals surface area contributed by atoms with Gasteiger partial charge in [-0.25, -0.2) is 4.98 Å². The third-order valence-corrected chi connectivity index (χ3v) is 3.78. The van der Waals surface area contributed by atoms with Gasteiger partial charge in [0.05, 0.1) is 5.56 Å². The van der Waals surface area contributed by atoms with E-state index in [9.17, 15) is 4.79 Å². The Morgan fingerprint density at radius 1 is 1.39 bits per heavy atom. The molecule has 0 spiro atoms. The summed E-state index contributed by atoms with van der Waals surface area (Å²) in [5.74, 6) is 0.426. The predicted molar refractivity (Wildman–Crippen MR) is 83.8 cm³/mol. The number of carbonyl (C=O) groups excluding carboxylic acids is 1. The lowest BCUT2D eigenvalue weighted by molar-refractivity contribution is 0.102.